The molecule has 1 saturated heterocycles. The number of ether oxygens (including phenoxy) is 2. The van der Waals surface area contributed by atoms with Crippen molar-refractivity contribution in [3.05, 3.63) is 65.9 Å². The van der Waals surface area contributed by atoms with Gasteiger partial charge >= 0.3 is 0 Å². The number of carbonyl (C=O) groups is 1. The third-order valence-electron chi connectivity index (χ3n) is 6.24. The van der Waals surface area contributed by atoms with Crippen molar-refractivity contribution in [2.45, 2.75) is 18.4 Å². The lowest BCUT2D eigenvalue weighted by Gasteiger charge is -2.27. The van der Waals surface area contributed by atoms with Crippen LogP contribution in [-0.2, 0) is 21.1 Å². The molecule has 2 heterocycles. The monoisotopic (exact) mass is 497 g/mol. The van der Waals surface area contributed by atoms with Gasteiger partial charge in [0.15, 0.2) is 9.84 Å². The minimum atomic E-state index is -3.30. The smallest absolute Gasteiger partial charge is 0.257 e. The Morgan fingerprint density at radius 3 is 2.40 bits per heavy atom. The molecule has 1 aromatic heterocycles. The highest BCUT2D eigenvalue weighted by molar-refractivity contribution is 7.90. The Hall–Kier alpha value is -3.14. The number of para-hydroxylation sites is 1. The summed E-state index contributed by atoms with van der Waals surface area (Å²) in [4.78, 5) is 15.8. The second kappa shape index (κ2) is 10.6. The SMILES string of the molecule is COc1ccccc1-c1c(C)c(C(=O)Nc2ccc(S(C)(=O)=O)cc2)cn1CCN1CCOCC1. The molecule has 0 aliphatic carbocycles. The van der Waals surface area contributed by atoms with Crippen molar-refractivity contribution in [1.82, 2.24) is 9.47 Å². The highest BCUT2D eigenvalue weighted by Gasteiger charge is 2.22. The van der Waals surface area contributed by atoms with Gasteiger partial charge in [-0.2, -0.15) is 0 Å². The normalized spacial score (nSPS) is 14.6. The molecule has 1 aliphatic rings. The molecule has 0 atom stereocenters. The summed E-state index contributed by atoms with van der Waals surface area (Å²) in [6.07, 6.45) is 3.04. The number of aromatic nitrogens is 1. The molecule has 1 N–H and O–H groups in total. The van der Waals surface area contributed by atoms with E-state index in [-0.39, 0.29) is 10.8 Å². The maximum atomic E-state index is 13.3. The number of hydrogen-bond acceptors (Lipinski definition) is 6. The quantitative estimate of drug-likeness (QED) is 0.513. The van der Waals surface area contributed by atoms with Crippen molar-refractivity contribution >= 4 is 21.4 Å². The number of methoxy groups -OCH3 is 1. The van der Waals surface area contributed by atoms with E-state index in [2.05, 4.69) is 14.8 Å². The molecule has 1 fully saturated rings. The zero-order valence-electron chi connectivity index (χ0n) is 20.3. The zero-order valence-corrected chi connectivity index (χ0v) is 21.1. The molecular formula is C26H31N3O5S. The Labute approximate surface area is 206 Å². The molecular weight excluding hydrogens is 466 g/mol. The molecule has 0 unspecified atom stereocenters. The minimum Gasteiger partial charge on any atom is -0.496 e. The average molecular weight is 498 g/mol. The van der Waals surface area contributed by atoms with Crippen LogP contribution in [0.25, 0.3) is 11.3 Å². The van der Waals surface area contributed by atoms with E-state index in [4.69, 9.17) is 9.47 Å². The first-order valence-corrected chi connectivity index (χ1v) is 13.4. The van der Waals surface area contributed by atoms with Gasteiger partial charge < -0.3 is 19.4 Å². The molecule has 8 nitrogen and oxygen atoms in total. The van der Waals surface area contributed by atoms with Gasteiger partial charge in [-0.25, -0.2) is 8.42 Å². The van der Waals surface area contributed by atoms with E-state index < -0.39 is 9.84 Å². The summed E-state index contributed by atoms with van der Waals surface area (Å²) in [6, 6.07) is 14.0. The Kier molecular flexibility index (Phi) is 7.59. The van der Waals surface area contributed by atoms with E-state index in [0.717, 1.165) is 61.7 Å². The van der Waals surface area contributed by atoms with Crippen molar-refractivity contribution < 1.29 is 22.7 Å². The molecule has 9 heteroatoms. The fraction of sp³-hybridized carbons (Fsp3) is 0.346. The van der Waals surface area contributed by atoms with Crippen LogP contribution in [0.4, 0.5) is 5.69 Å². The first-order chi connectivity index (χ1) is 16.8. The first kappa shape index (κ1) is 25.0. The summed E-state index contributed by atoms with van der Waals surface area (Å²) in [5, 5.41) is 2.90. The van der Waals surface area contributed by atoms with Crippen LogP contribution in [0, 0.1) is 6.92 Å². The molecule has 0 saturated carbocycles. The number of amides is 1. The standard InChI is InChI=1S/C26H31N3O5S/c1-19-23(26(30)27-20-8-10-21(11-9-20)35(3,31)32)18-29(13-12-28-14-16-34-17-15-28)25(19)22-6-4-5-7-24(22)33-2/h4-11,18H,12-17H2,1-3H3,(H,27,30). The molecule has 35 heavy (non-hydrogen) atoms. The molecule has 3 aromatic rings. The number of rotatable bonds is 8. The summed E-state index contributed by atoms with van der Waals surface area (Å²) in [6.45, 7) is 6.74. The highest BCUT2D eigenvalue weighted by Crippen LogP contribution is 2.35. The third-order valence-corrected chi connectivity index (χ3v) is 7.37. The van der Waals surface area contributed by atoms with Gasteiger partial charge in [0.05, 0.1) is 36.5 Å². The van der Waals surface area contributed by atoms with Gasteiger partial charge in [-0.1, -0.05) is 12.1 Å². The van der Waals surface area contributed by atoms with Crippen LogP contribution in [-0.4, -0.2) is 70.0 Å². The van der Waals surface area contributed by atoms with Crippen molar-refractivity contribution in [2.24, 2.45) is 0 Å². The molecule has 4 rings (SSSR count). The molecule has 1 amide bonds. The Morgan fingerprint density at radius 1 is 1.06 bits per heavy atom. The van der Waals surface area contributed by atoms with Crippen molar-refractivity contribution in [3.63, 3.8) is 0 Å². The van der Waals surface area contributed by atoms with E-state index >= 15 is 0 Å². The maximum absolute atomic E-state index is 13.3. The average Bonchev–Trinajstić information content (AvgIpc) is 3.19. The number of morpholine rings is 1. The predicted molar refractivity (Wildman–Crippen MR) is 136 cm³/mol. The Morgan fingerprint density at radius 2 is 1.74 bits per heavy atom. The van der Waals surface area contributed by atoms with E-state index in [0.29, 0.717) is 17.8 Å². The molecule has 2 aromatic carbocycles. The summed E-state index contributed by atoms with van der Waals surface area (Å²) < 4.78 is 36.6. The minimum absolute atomic E-state index is 0.208. The van der Waals surface area contributed by atoms with Crippen LogP contribution in [0.5, 0.6) is 5.75 Å². The lowest BCUT2D eigenvalue weighted by atomic mass is 10.0. The van der Waals surface area contributed by atoms with E-state index in [1.807, 2.05) is 37.4 Å². The number of nitrogens with one attached hydrogen (secondary N) is 1. The molecule has 0 bridgehead atoms. The topological polar surface area (TPSA) is 89.9 Å². The summed E-state index contributed by atoms with van der Waals surface area (Å²) >= 11 is 0. The predicted octanol–water partition coefficient (Wildman–Crippen LogP) is 3.46. The first-order valence-electron chi connectivity index (χ1n) is 11.5. The number of nitrogens with zero attached hydrogens (tertiary/aromatic N) is 2. The van der Waals surface area contributed by atoms with Gasteiger partial charge in [0, 0.05) is 49.9 Å². The number of anilines is 1. The van der Waals surface area contributed by atoms with E-state index in [1.165, 1.54) is 12.1 Å². The van der Waals surface area contributed by atoms with Crippen molar-refractivity contribution in [1.29, 1.82) is 0 Å². The fourth-order valence-corrected chi connectivity index (χ4v) is 4.95. The second-order valence-corrected chi connectivity index (χ2v) is 10.6. The van der Waals surface area contributed by atoms with Crippen LogP contribution in [0.1, 0.15) is 15.9 Å². The van der Waals surface area contributed by atoms with Crippen LogP contribution >= 0.6 is 0 Å². The molecule has 0 spiro atoms. The number of sulfone groups is 1. The molecule has 0 radical (unpaired) electrons. The third kappa shape index (κ3) is 5.75. The fourth-order valence-electron chi connectivity index (χ4n) is 4.32. The summed E-state index contributed by atoms with van der Waals surface area (Å²) in [5.41, 5.74) is 3.79. The van der Waals surface area contributed by atoms with E-state index in [9.17, 15) is 13.2 Å². The van der Waals surface area contributed by atoms with E-state index in [1.54, 1.807) is 19.2 Å². The highest BCUT2D eigenvalue weighted by atomic mass is 32.2. The van der Waals surface area contributed by atoms with Gasteiger partial charge in [0.2, 0.25) is 0 Å². The van der Waals surface area contributed by atoms with Crippen LogP contribution in [0.15, 0.2) is 59.6 Å². The summed E-state index contributed by atoms with van der Waals surface area (Å²) in [7, 11) is -1.66. The van der Waals surface area contributed by atoms with Gasteiger partial charge in [0.25, 0.3) is 5.91 Å². The largest absolute Gasteiger partial charge is 0.496 e. The van der Waals surface area contributed by atoms with Crippen molar-refractivity contribution in [2.75, 3.05) is 51.5 Å². The van der Waals surface area contributed by atoms with Crippen LogP contribution < -0.4 is 10.1 Å². The number of benzene rings is 2. The Bertz CT molecular complexity index is 1290. The molecule has 186 valence electrons. The zero-order chi connectivity index (χ0) is 25.0. The molecule has 1 aliphatic heterocycles. The van der Waals surface area contributed by atoms with Crippen LogP contribution in [0.2, 0.25) is 0 Å². The van der Waals surface area contributed by atoms with Crippen molar-refractivity contribution in [3.8, 4) is 17.0 Å². The van der Waals surface area contributed by atoms with Crippen LogP contribution in [0.3, 0.4) is 0 Å². The van der Waals surface area contributed by atoms with Gasteiger partial charge in [0.1, 0.15) is 5.75 Å². The van der Waals surface area contributed by atoms with Gasteiger partial charge in [-0.15, -0.1) is 0 Å². The second-order valence-electron chi connectivity index (χ2n) is 8.61. The summed E-state index contributed by atoms with van der Waals surface area (Å²) in [5.74, 6) is 0.487. The number of carbonyl (C=O) groups excluding carboxylic acids is 1. The lowest BCUT2D eigenvalue weighted by molar-refractivity contribution is 0.0364. The van der Waals surface area contributed by atoms with Gasteiger partial charge in [-0.3, -0.25) is 9.69 Å². The number of hydrogen-bond donors (Lipinski definition) is 1. The lowest BCUT2D eigenvalue weighted by Crippen LogP contribution is -2.38. The maximum Gasteiger partial charge on any atom is 0.257 e. The van der Waals surface area contributed by atoms with Gasteiger partial charge in [-0.05, 0) is 48.9 Å². The Balaban J connectivity index is 1.65.